The summed E-state index contributed by atoms with van der Waals surface area (Å²) < 4.78 is 0. The molecule has 0 amide bonds. The van der Waals surface area contributed by atoms with Crippen LogP contribution >= 0.6 is 0 Å². The molecule has 0 saturated heterocycles. The van der Waals surface area contributed by atoms with Crippen LogP contribution in [0.2, 0.25) is 0 Å². The highest BCUT2D eigenvalue weighted by Crippen LogP contribution is 2.29. The Balaban J connectivity index is 1.64. The van der Waals surface area contributed by atoms with Crippen LogP contribution in [0.5, 0.6) is 0 Å². The van der Waals surface area contributed by atoms with E-state index < -0.39 is 0 Å². The van der Waals surface area contributed by atoms with Crippen LogP contribution in [-0.2, 0) is 6.42 Å². The van der Waals surface area contributed by atoms with Gasteiger partial charge in [-0.25, -0.2) is 0 Å². The molecule has 0 heterocycles. The Labute approximate surface area is 110 Å². The van der Waals surface area contributed by atoms with Crippen molar-refractivity contribution >= 4 is 0 Å². The molecule has 0 aliphatic heterocycles. The number of aliphatic hydroxyl groups excluding tert-OH is 2. The first-order valence-corrected chi connectivity index (χ1v) is 7.16. The molecule has 3 atom stereocenters. The van der Waals surface area contributed by atoms with Crippen LogP contribution < -0.4 is 0 Å². The van der Waals surface area contributed by atoms with Gasteiger partial charge in [-0.2, -0.15) is 0 Å². The summed E-state index contributed by atoms with van der Waals surface area (Å²) in [6.07, 6.45) is 6.45. The van der Waals surface area contributed by atoms with Gasteiger partial charge in [0.2, 0.25) is 0 Å². The maximum Gasteiger partial charge on any atom is 0.0568 e. The van der Waals surface area contributed by atoms with Crippen molar-refractivity contribution in [1.82, 2.24) is 0 Å². The second-order valence-electron chi connectivity index (χ2n) is 5.51. The van der Waals surface area contributed by atoms with Gasteiger partial charge >= 0.3 is 0 Å². The van der Waals surface area contributed by atoms with E-state index in [1.54, 1.807) is 0 Å². The molecular formula is C16H24O2. The molecule has 18 heavy (non-hydrogen) atoms. The Hall–Kier alpha value is -0.860. The summed E-state index contributed by atoms with van der Waals surface area (Å²) in [7, 11) is 0. The first-order chi connectivity index (χ1) is 8.75. The van der Waals surface area contributed by atoms with Crippen molar-refractivity contribution in [1.29, 1.82) is 0 Å². The average molecular weight is 248 g/mol. The normalized spacial score (nSPS) is 25.2. The number of aliphatic hydroxyl groups is 2. The molecule has 1 fully saturated rings. The number of hydrogen-bond donors (Lipinski definition) is 2. The van der Waals surface area contributed by atoms with Crippen molar-refractivity contribution in [3.8, 4) is 0 Å². The van der Waals surface area contributed by atoms with Gasteiger partial charge in [0.15, 0.2) is 0 Å². The molecule has 0 spiro atoms. The van der Waals surface area contributed by atoms with E-state index in [2.05, 4.69) is 12.1 Å². The largest absolute Gasteiger partial charge is 0.393 e. The summed E-state index contributed by atoms with van der Waals surface area (Å²) in [5.74, 6) is 0.427. The van der Waals surface area contributed by atoms with Crippen molar-refractivity contribution in [2.24, 2.45) is 5.92 Å². The number of hydrogen-bond acceptors (Lipinski definition) is 2. The second kappa shape index (κ2) is 6.91. The van der Waals surface area contributed by atoms with E-state index in [1.807, 2.05) is 18.2 Å². The highest BCUT2D eigenvalue weighted by Gasteiger charge is 2.25. The fourth-order valence-electron chi connectivity index (χ4n) is 2.88. The highest BCUT2D eigenvalue weighted by molar-refractivity contribution is 5.14. The summed E-state index contributed by atoms with van der Waals surface area (Å²) in [4.78, 5) is 0. The van der Waals surface area contributed by atoms with Gasteiger partial charge < -0.3 is 10.2 Å². The average Bonchev–Trinajstić information content (AvgIpc) is 2.81. The van der Waals surface area contributed by atoms with Gasteiger partial charge in [0.1, 0.15) is 0 Å². The second-order valence-corrected chi connectivity index (χ2v) is 5.51. The van der Waals surface area contributed by atoms with Crippen LogP contribution in [0, 0.1) is 5.92 Å². The molecule has 1 saturated carbocycles. The van der Waals surface area contributed by atoms with Gasteiger partial charge in [0.05, 0.1) is 12.2 Å². The zero-order valence-corrected chi connectivity index (χ0v) is 11.0. The number of benzene rings is 1. The van der Waals surface area contributed by atoms with E-state index in [9.17, 15) is 10.2 Å². The Morgan fingerprint density at radius 2 is 1.89 bits per heavy atom. The molecule has 0 aromatic heterocycles. The standard InChI is InChI=1S/C16H24O2/c17-15(11-9-13-5-2-1-3-6-13)12-10-14-7-4-8-16(14)18/h1-3,5-6,14-18H,4,7-12H2. The van der Waals surface area contributed by atoms with Crippen LogP contribution in [0.4, 0.5) is 0 Å². The van der Waals surface area contributed by atoms with Crippen LogP contribution in [-0.4, -0.2) is 22.4 Å². The monoisotopic (exact) mass is 248 g/mol. The summed E-state index contributed by atoms with van der Waals surface area (Å²) in [6.45, 7) is 0. The molecule has 2 heteroatoms. The molecule has 2 N–H and O–H groups in total. The molecule has 2 nitrogen and oxygen atoms in total. The maximum atomic E-state index is 9.98. The maximum absolute atomic E-state index is 9.98. The lowest BCUT2D eigenvalue weighted by molar-refractivity contribution is 0.102. The fourth-order valence-corrected chi connectivity index (χ4v) is 2.88. The van der Waals surface area contributed by atoms with E-state index >= 15 is 0 Å². The molecule has 3 unspecified atom stereocenters. The molecule has 1 aliphatic rings. The molecule has 100 valence electrons. The fraction of sp³-hybridized carbons (Fsp3) is 0.625. The minimum Gasteiger partial charge on any atom is -0.393 e. The summed E-state index contributed by atoms with van der Waals surface area (Å²) in [5.41, 5.74) is 1.29. The predicted molar refractivity (Wildman–Crippen MR) is 73.4 cm³/mol. The minimum atomic E-state index is -0.224. The van der Waals surface area contributed by atoms with Gasteiger partial charge in [0.25, 0.3) is 0 Å². The van der Waals surface area contributed by atoms with Crippen molar-refractivity contribution in [2.45, 2.75) is 57.2 Å². The predicted octanol–water partition coefficient (Wildman–Crippen LogP) is 2.92. The Kier molecular flexibility index (Phi) is 5.21. The van der Waals surface area contributed by atoms with Gasteiger partial charge in [-0.05, 0) is 50.0 Å². The lowest BCUT2D eigenvalue weighted by Crippen LogP contribution is -2.16. The van der Waals surface area contributed by atoms with Crippen molar-refractivity contribution in [3.63, 3.8) is 0 Å². The van der Waals surface area contributed by atoms with Crippen LogP contribution in [0.3, 0.4) is 0 Å². The minimum absolute atomic E-state index is 0.119. The molecule has 0 radical (unpaired) electrons. The van der Waals surface area contributed by atoms with Gasteiger partial charge in [-0.3, -0.25) is 0 Å². The zero-order valence-electron chi connectivity index (χ0n) is 11.0. The van der Waals surface area contributed by atoms with Gasteiger partial charge in [-0.1, -0.05) is 36.8 Å². The van der Waals surface area contributed by atoms with E-state index in [0.29, 0.717) is 5.92 Å². The van der Waals surface area contributed by atoms with Crippen molar-refractivity contribution < 1.29 is 10.2 Å². The third-order valence-corrected chi connectivity index (χ3v) is 4.10. The molecule has 0 bridgehead atoms. The lowest BCUT2D eigenvalue weighted by atomic mass is 9.95. The Morgan fingerprint density at radius 3 is 2.56 bits per heavy atom. The molecule has 1 aliphatic carbocycles. The number of rotatable bonds is 6. The summed E-state index contributed by atoms with van der Waals surface area (Å²) in [6, 6.07) is 10.3. The smallest absolute Gasteiger partial charge is 0.0568 e. The first-order valence-electron chi connectivity index (χ1n) is 7.16. The Morgan fingerprint density at radius 1 is 1.11 bits per heavy atom. The SMILES string of the molecule is OC(CCc1ccccc1)CCC1CCCC1O. The van der Waals surface area contributed by atoms with E-state index in [-0.39, 0.29) is 12.2 Å². The van der Waals surface area contributed by atoms with Gasteiger partial charge in [0, 0.05) is 0 Å². The molecule has 1 aromatic carbocycles. The lowest BCUT2D eigenvalue weighted by Gasteiger charge is -2.16. The third-order valence-electron chi connectivity index (χ3n) is 4.10. The molecule has 2 rings (SSSR count). The molecule has 1 aromatic rings. The topological polar surface area (TPSA) is 40.5 Å². The first kappa shape index (κ1) is 13.6. The van der Waals surface area contributed by atoms with E-state index in [0.717, 1.165) is 44.9 Å². The third kappa shape index (κ3) is 4.11. The van der Waals surface area contributed by atoms with Crippen LogP contribution in [0.15, 0.2) is 30.3 Å². The van der Waals surface area contributed by atoms with Crippen molar-refractivity contribution in [2.75, 3.05) is 0 Å². The Bertz CT molecular complexity index is 336. The highest BCUT2D eigenvalue weighted by atomic mass is 16.3. The van der Waals surface area contributed by atoms with Gasteiger partial charge in [-0.15, -0.1) is 0 Å². The van der Waals surface area contributed by atoms with Crippen LogP contribution in [0.1, 0.15) is 44.1 Å². The van der Waals surface area contributed by atoms with E-state index in [4.69, 9.17) is 0 Å². The van der Waals surface area contributed by atoms with Crippen LogP contribution in [0.25, 0.3) is 0 Å². The summed E-state index contributed by atoms with van der Waals surface area (Å²) in [5, 5.41) is 19.7. The zero-order chi connectivity index (χ0) is 12.8. The molecular weight excluding hydrogens is 224 g/mol. The van der Waals surface area contributed by atoms with Crippen molar-refractivity contribution in [3.05, 3.63) is 35.9 Å². The quantitative estimate of drug-likeness (QED) is 0.812. The summed E-state index contributed by atoms with van der Waals surface area (Å²) >= 11 is 0. The number of aryl methyl sites for hydroxylation is 1. The van der Waals surface area contributed by atoms with E-state index in [1.165, 1.54) is 5.56 Å².